The van der Waals surface area contributed by atoms with Gasteiger partial charge in [-0.15, -0.1) is 0 Å². The molecule has 0 bridgehead atoms. The lowest BCUT2D eigenvalue weighted by atomic mass is 9.98. The van der Waals surface area contributed by atoms with Crippen LogP contribution in [0.2, 0.25) is 0 Å². The first kappa shape index (κ1) is 14.3. The van der Waals surface area contributed by atoms with E-state index in [0.717, 1.165) is 0 Å². The van der Waals surface area contributed by atoms with E-state index < -0.39 is 5.54 Å². The van der Waals surface area contributed by atoms with Crippen molar-refractivity contribution in [2.75, 3.05) is 26.3 Å². The summed E-state index contributed by atoms with van der Waals surface area (Å²) >= 11 is 0. The van der Waals surface area contributed by atoms with E-state index in [2.05, 4.69) is 10.6 Å². The first-order valence-corrected chi connectivity index (χ1v) is 5.37. The molecule has 5 heteroatoms. The van der Waals surface area contributed by atoms with Gasteiger partial charge in [0.2, 0.25) is 5.91 Å². The van der Waals surface area contributed by atoms with E-state index in [1.807, 2.05) is 13.8 Å². The molecule has 0 saturated heterocycles. The van der Waals surface area contributed by atoms with E-state index in [1.165, 1.54) is 0 Å². The Kier molecular flexibility index (Phi) is 7.29. The molecule has 0 fully saturated rings. The predicted molar refractivity (Wildman–Crippen MR) is 58.5 cm³/mol. The summed E-state index contributed by atoms with van der Waals surface area (Å²) in [6.07, 6.45) is 0.977. The lowest BCUT2D eigenvalue weighted by Crippen LogP contribution is -2.52. The summed E-state index contributed by atoms with van der Waals surface area (Å²) in [6, 6.07) is 0. The van der Waals surface area contributed by atoms with Crippen LogP contribution >= 0.6 is 0 Å². The Labute approximate surface area is 90.9 Å². The summed E-state index contributed by atoms with van der Waals surface area (Å²) in [5.74, 6) is -0.0223. The smallest absolute Gasteiger partial charge is 0.221 e. The zero-order valence-electron chi connectivity index (χ0n) is 9.55. The maximum Gasteiger partial charge on any atom is 0.221 e. The zero-order valence-corrected chi connectivity index (χ0v) is 9.55. The molecule has 0 aromatic rings. The van der Waals surface area contributed by atoms with Crippen molar-refractivity contribution in [2.45, 2.75) is 32.2 Å². The molecule has 0 aliphatic heterocycles. The molecule has 4 N–H and O–H groups in total. The van der Waals surface area contributed by atoms with Crippen LogP contribution in [0, 0.1) is 0 Å². The van der Waals surface area contributed by atoms with Crippen LogP contribution in [0.4, 0.5) is 0 Å². The summed E-state index contributed by atoms with van der Waals surface area (Å²) in [5, 5.41) is 23.9. The van der Waals surface area contributed by atoms with Gasteiger partial charge in [0.25, 0.3) is 0 Å². The predicted octanol–water partition coefficient (Wildman–Crippen LogP) is -0.764. The highest BCUT2D eigenvalue weighted by Gasteiger charge is 2.25. The minimum absolute atomic E-state index is 0.0223. The molecule has 0 spiro atoms. The van der Waals surface area contributed by atoms with Crippen molar-refractivity contribution in [1.29, 1.82) is 0 Å². The van der Waals surface area contributed by atoms with Crippen LogP contribution in [0.25, 0.3) is 0 Å². The van der Waals surface area contributed by atoms with Gasteiger partial charge in [0, 0.05) is 19.5 Å². The van der Waals surface area contributed by atoms with Crippen molar-refractivity contribution < 1.29 is 15.0 Å². The van der Waals surface area contributed by atoms with Gasteiger partial charge >= 0.3 is 0 Å². The Hall–Kier alpha value is -0.650. The van der Waals surface area contributed by atoms with Crippen LogP contribution in [0.3, 0.4) is 0 Å². The molecule has 0 aromatic carbocycles. The molecule has 90 valence electrons. The summed E-state index contributed by atoms with van der Waals surface area (Å²) in [4.78, 5) is 11.1. The highest BCUT2D eigenvalue weighted by Crippen LogP contribution is 2.07. The van der Waals surface area contributed by atoms with Gasteiger partial charge in [-0.3, -0.25) is 4.79 Å². The van der Waals surface area contributed by atoms with E-state index in [0.29, 0.717) is 25.9 Å². The number of nitrogens with one attached hydrogen (secondary N) is 2. The largest absolute Gasteiger partial charge is 0.394 e. The van der Waals surface area contributed by atoms with Crippen LogP contribution in [-0.2, 0) is 4.79 Å². The van der Waals surface area contributed by atoms with Gasteiger partial charge in [-0.1, -0.05) is 6.92 Å². The normalized spacial score (nSPS) is 11.5. The summed E-state index contributed by atoms with van der Waals surface area (Å²) in [5.41, 5.74) is -0.660. The Morgan fingerprint density at radius 3 is 2.27 bits per heavy atom. The average molecular weight is 218 g/mol. The number of hydrogen-bond donors (Lipinski definition) is 4. The van der Waals surface area contributed by atoms with Crippen molar-refractivity contribution >= 4 is 5.91 Å². The summed E-state index contributed by atoms with van der Waals surface area (Å²) < 4.78 is 0. The zero-order chi connectivity index (χ0) is 11.7. The van der Waals surface area contributed by atoms with Gasteiger partial charge < -0.3 is 20.8 Å². The fraction of sp³-hybridized carbons (Fsp3) is 0.900. The van der Waals surface area contributed by atoms with Crippen LogP contribution in [-0.4, -0.2) is 48.0 Å². The van der Waals surface area contributed by atoms with Gasteiger partial charge in [0.05, 0.1) is 18.8 Å². The van der Waals surface area contributed by atoms with Crippen molar-refractivity contribution in [1.82, 2.24) is 10.6 Å². The van der Waals surface area contributed by atoms with Crippen molar-refractivity contribution in [3.63, 3.8) is 0 Å². The highest BCUT2D eigenvalue weighted by molar-refractivity contribution is 5.75. The van der Waals surface area contributed by atoms with Crippen LogP contribution in [0.1, 0.15) is 26.7 Å². The average Bonchev–Trinajstić information content (AvgIpc) is 2.25. The minimum atomic E-state index is -0.660. The van der Waals surface area contributed by atoms with E-state index >= 15 is 0 Å². The lowest BCUT2D eigenvalue weighted by molar-refractivity contribution is -0.121. The van der Waals surface area contributed by atoms with Gasteiger partial charge in [0.1, 0.15) is 0 Å². The van der Waals surface area contributed by atoms with Gasteiger partial charge in [-0.2, -0.15) is 0 Å². The Morgan fingerprint density at radius 1 is 1.27 bits per heavy atom. The monoisotopic (exact) mass is 218 g/mol. The molecular weight excluding hydrogens is 196 g/mol. The third-order valence-corrected chi connectivity index (χ3v) is 2.51. The second kappa shape index (κ2) is 7.62. The van der Waals surface area contributed by atoms with Gasteiger partial charge in [-0.05, 0) is 13.3 Å². The Balaban J connectivity index is 3.85. The summed E-state index contributed by atoms with van der Waals surface area (Å²) in [7, 11) is 0. The lowest BCUT2D eigenvalue weighted by Gasteiger charge is -2.29. The molecule has 15 heavy (non-hydrogen) atoms. The third-order valence-electron chi connectivity index (χ3n) is 2.51. The number of rotatable bonds is 8. The molecule has 0 aliphatic rings. The molecule has 5 nitrogen and oxygen atoms in total. The molecule has 0 radical (unpaired) electrons. The fourth-order valence-corrected chi connectivity index (χ4v) is 1.24. The van der Waals surface area contributed by atoms with Crippen molar-refractivity contribution in [3.8, 4) is 0 Å². The topological polar surface area (TPSA) is 81.6 Å². The molecule has 0 heterocycles. The quantitative estimate of drug-likeness (QED) is 0.431. The number of amides is 1. The fourth-order valence-electron chi connectivity index (χ4n) is 1.24. The Bertz CT molecular complexity index is 173. The second-order valence-electron chi connectivity index (χ2n) is 3.58. The minimum Gasteiger partial charge on any atom is -0.394 e. The maximum absolute atomic E-state index is 11.1. The maximum atomic E-state index is 11.1. The standard InChI is InChI=1S/C10H22N2O3/c1-3-10(7-13,8-14)12-6-5-9(15)11-4-2/h12-14H,3-8H2,1-2H3,(H,11,15). The van der Waals surface area contributed by atoms with Crippen LogP contribution < -0.4 is 10.6 Å². The number of carbonyl (C=O) groups is 1. The number of hydrogen-bond acceptors (Lipinski definition) is 4. The van der Waals surface area contributed by atoms with E-state index in [4.69, 9.17) is 10.2 Å². The highest BCUT2D eigenvalue weighted by atomic mass is 16.3. The molecular formula is C10H22N2O3. The van der Waals surface area contributed by atoms with Crippen molar-refractivity contribution in [2.24, 2.45) is 0 Å². The molecule has 0 aromatic heterocycles. The first-order chi connectivity index (χ1) is 7.14. The van der Waals surface area contributed by atoms with Crippen LogP contribution in [0.5, 0.6) is 0 Å². The number of aliphatic hydroxyl groups is 2. The molecule has 0 unspecified atom stereocenters. The summed E-state index contributed by atoms with van der Waals surface area (Å²) in [6.45, 7) is 4.57. The molecule has 0 aliphatic carbocycles. The van der Waals surface area contributed by atoms with Crippen LogP contribution in [0.15, 0.2) is 0 Å². The van der Waals surface area contributed by atoms with Gasteiger partial charge in [-0.25, -0.2) is 0 Å². The number of aliphatic hydroxyl groups excluding tert-OH is 2. The Morgan fingerprint density at radius 2 is 1.87 bits per heavy atom. The SMILES string of the molecule is CCNC(=O)CCNC(CC)(CO)CO. The van der Waals surface area contributed by atoms with E-state index in [9.17, 15) is 4.79 Å². The van der Waals surface area contributed by atoms with Gasteiger partial charge in [0.15, 0.2) is 0 Å². The van der Waals surface area contributed by atoms with E-state index in [1.54, 1.807) is 0 Å². The molecule has 0 rings (SSSR count). The second-order valence-corrected chi connectivity index (χ2v) is 3.58. The third kappa shape index (κ3) is 5.11. The first-order valence-electron chi connectivity index (χ1n) is 5.37. The van der Waals surface area contributed by atoms with E-state index in [-0.39, 0.29) is 19.1 Å². The number of carbonyl (C=O) groups excluding carboxylic acids is 1. The molecule has 1 amide bonds. The van der Waals surface area contributed by atoms with Crippen molar-refractivity contribution in [3.05, 3.63) is 0 Å². The molecule has 0 atom stereocenters. The molecule has 0 saturated carbocycles.